The lowest BCUT2D eigenvalue weighted by molar-refractivity contribution is 0.292. The first-order valence-corrected chi connectivity index (χ1v) is 2.70. The topological polar surface area (TPSA) is 102 Å². The molecule has 7 heavy (non-hydrogen) atoms. The maximum absolute atomic E-state index is 9.47. The third-order valence-electron chi connectivity index (χ3n) is 0.238. The summed E-state index contributed by atoms with van der Waals surface area (Å²) in [4.78, 5) is 15.4. The molecule has 0 saturated heterocycles. The SMILES string of the molecule is BOP(=O)(O)O.N. The third kappa shape index (κ3) is 10.7. The Kier molecular flexibility index (Phi) is 4.62. The van der Waals surface area contributed by atoms with Crippen LogP contribution in [-0.4, -0.2) is 17.8 Å². The maximum Gasteiger partial charge on any atom is 0.454 e. The van der Waals surface area contributed by atoms with Gasteiger partial charge >= 0.3 is 7.82 Å². The molecule has 5 nitrogen and oxygen atoms in total. The second-order valence-electron chi connectivity index (χ2n) is 0.673. The zero-order chi connectivity index (χ0) is 5.21. The molecule has 0 spiro atoms. The van der Waals surface area contributed by atoms with Gasteiger partial charge in [0.05, 0.1) is 0 Å². The number of rotatable bonds is 1. The lowest BCUT2D eigenvalue weighted by atomic mass is 10.6. The van der Waals surface area contributed by atoms with Crippen LogP contribution in [0.4, 0.5) is 0 Å². The van der Waals surface area contributed by atoms with Crippen LogP contribution in [0.3, 0.4) is 0 Å². The van der Waals surface area contributed by atoms with E-state index >= 15 is 0 Å². The molecular formula is H7BNO4P. The van der Waals surface area contributed by atoms with Gasteiger partial charge in [0.2, 0.25) is 0 Å². The van der Waals surface area contributed by atoms with Crippen molar-refractivity contribution in [3.8, 4) is 0 Å². The number of phosphoric acid groups is 1. The van der Waals surface area contributed by atoms with Crippen LogP contribution >= 0.6 is 7.82 Å². The first-order chi connectivity index (χ1) is 2.56. The lowest BCUT2D eigenvalue weighted by Gasteiger charge is -1.94. The maximum atomic E-state index is 9.47. The molecule has 0 saturated carbocycles. The van der Waals surface area contributed by atoms with Crippen LogP contribution in [0.25, 0.3) is 0 Å². The predicted molar refractivity (Wildman–Crippen MR) is 26.7 cm³/mol. The highest BCUT2D eigenvalue weighted by Gasteiger charge is 2.06. The number of hydrogen-bond donors (Lipinski definition) is 3. The van der Waals surface area contributed by atoms with Crippen molar-refractivity contribution in [2.24, 2.45) is 0 Å². The summed E-state index contributed by atoms with van der Waals surface area (Å²) in [5, 5.41) is 0. The van der Waals surface area contributed by atoms with E-state index in [9.17, 15) is 4.57 Å². The van der Waals surface area contributed by atoms with Gasteiger partial charge in [-0.1, -0.05) is 0 Å². The summed E-state index contributed by atoms with van der Waals surface area (Å²) in [6.45, 7) is 0. The van der Waals surface area contributed by atoms with Crippen molar-refractivity contribution in [3.63, 3.8) is 0 Å². The van der Waals surface area contributed by atoms with Crippen molar-refractivity contribution in [2.45, 2.75) is 0 Å². The van der Waals surface area contributed by atoms with E-state index < -0.39 is 7.82 Å². The van der Waals surface area contributed by atoms with Crippen molar-refractivity contribution >= 4 is 15.9 Å². The monoisotopic (exact) mass is 127 g/mol. The molecule has 0 atom stereocenters. The average Bonchev–Trinajstić information content (AvgIpc) is 1.35. The predicted octanol–water partition coefficient (Wildman–Crippen LogP) is -1.19. The largest absolute Gasteiger partial charge is 0.454 e. The van der Waals surface area contributed by atoms with Crippen LogP contribution in [0.5, 0.6) is 0 Å². The molecule has 0 aromatic heterocycles. The van der Waals surface area contributed by atoms with Gasteiger partial charge in [-0.15, -0.1) is 0 Å². The molecule has 44 valence electrons. The van der Waals surface area contributed by atoms with Crippen LogP contribution in [-0.2, 0) is 9.01 Å². The van der Waals surface area contributed by atoms with Gasteiger partial charge in [0.25, 0.3) is 8.05 Å². The van der Waals surface area contributed by atoms with Gasteiger partial charge in [-0.25, -0.2) is 4.57 Å². The van der Waals surface area contributed by atoms with E-state index in [0.717, 1.165) is 8.05 Å². The fourth-order valence-electron chi connectivity index (χ4n) is 0. The molecule has 0 amide bonds. The molecule has 0 rings (SSSR count). The highest BCUT2D eigenvalue weighted by Crippen LogP contribution is 2.33. The lowest BCUT2D eigenvalue weighted by Crippen LogP contribution is -1.78. The van der Waals surface area contributed by atoms with Crippen LogP contribution in [0, 0.1) is 0 Å². The third-order valence-corrected chi connectivity index (χ3v) is 0.714. The van der Waals surface area contributed by atoms with E-state index in [1.807, 2.05) is 0 Å². The van der Waals surface area contributed by atoms with E-state index in [4.69, 9.17) is 9.79 Å². The zero-order valence-electron chi connectivity index (χ0n) is 3.87. The van der Waals surface area contributed by atoms with Gasteiger partial charge in [-0.05, 0) is 0 Å². The zero-order valence-corrected chi connectivity index (χ0v) is 4.76. The molecule has 0 aliphatic carbocycles. The molecule has 0 aliphatic rings. The number of hydrogen-bond acceptors (Lipinski definition) is 3. The van der Waals surface area contributed by atoms with Crippen LogP contribution < -0.4 is 6.15 Å². The minimum absolute atomic E-state index is 0. The molecule has 0 aliphatic heterocycles. The summed E-state index contributed by atoms with van der Waals surface area (Å²) in [5.41, 5.74) is 0. The minimum Gasteiger partial charge on any atom is -0.358 e. The Morgan fingerprint density at radius 3 is 1.71 bits per heavy atom. The van der Waals surface area contributed by atoms with Crippen LogP contribution in [0.2, 0.25) is 0 Å². The van der Waals surface area contributed by atoms with Crippen molar-refractivity contribution in [2.75, 3.05) is 0 Å². The molecular weight excluding hydrogens is 120 g/mol. The second-order valence-corrected chi connectivity index (χ2v) is 2.02. The van der Waals surface area contributed by atoms with E-state index in [-0.39, 0.29) is 6.15 Å². The van der Waals surface area contributed by atoms with Gasteiger partial charge in [0.1, 0.15) is 0 Å². The van der Waals surface area contributed by atoms with Crippen LogP contribution in [0.1, 0.15) is 0 Å². The summed E-state index contributed by atoms with van der Waals surface area (Å²) in [6.07, 6.45) is 0. The standard InChI is InChI=1S/BH4O4P.H3N/c1-5-6(2,3)4;/h1H2,(H2,2,3,4);1H3. The Hall–Kier alpha value is 0.135. The van der Waals surface area contributed by atoms with Gasteiger partial charge in [-0.3, -0.25) is 0 Å². The Bertz CT molecular complexity index is 75.8. The molecule has 7 heteroatoms. The van der Waals surface area contributed by atoms with Crippen molar-refractivity contribution in [3.05, 3.63) is 0 Å². The fourth-order valence-corrected chi connectivity index (χ4v) is 0. The molecule has 0 radical (unpaired) electrons. The van der Waals surface area contributed by atoms with Gasteiger partial charge < -0.3 is 20.4 Å². The Morgan fingerprint density at radius 1 is 1.57 bits per heavy atom. The van der Waals surface area contributed by atoms with Crippen LogP contribution in [0.15, 0.2) is 0 Å². The highest BCUT2D eigenvalue weighted by molar-refractivity contribution is 7.47. The summed E-state index contributed by atoms with van der Waals surface area (Å²) in [5.74, 6) is 0. The van der Waals surface area contributed by atoms with E-state index in [2.05, 4.69) is 4.44 Å². The molecule has 0 unspecified atom stereocenters. The normalized spacial score (nSPS) is 10.0. The van der Waals surface area contributed by atoms with Gasteiger partial charge in [-0.2, -0.15) is 0 Å². The molecule has 0 aromatic carbocycles. The summed E-state index contributed by atoms with van der Waals surface area (Å²) in [7, 11) is -3.20. The molecule has 0 fully saturated rings. The first kappa shape index (κ1) is 10.2. The van der Waals surface area contributed by atoms with E-state index in [1.54, 1.807) is 0 Å². The van der Waals surface area contributed by atoms with Crippen molar-refractivity contribution in [1.82, 2.24) is 6.15 Å². The summed E-state index contributed by atoms with van der Waals surface area (Å²) >= 11 is 0. The average molecular weight is 127 g/mol. The Labute approximate surface area is 41.9 Å². The van der Waals surface area contributed by atoms with Crippen molar-refractivity contribution in [1.29, 1.82) is 0 Å². The molecule has 0 bridgehead atoms. The Balaban J connectivity index is 0. The second kappa shape index (κ2) is 3.18. The smallest absolute Gasteiger partial charge is 0.358 e. The molecule has 5 N–H and O–H groups in total. The summed E-state index contributed by atoms with van der Waals surface area (Å²) < 4.78 is 13.1. The van der Waals surface area contributed by atoms with Gasteiger partial charge in [0.15, 0.2) is 0 Å². The van der Waals surface area contributed by atoms with E-state index in [1.165, 1.54) is 0 Å². The van der Waals surface area contributed by atoms with Crippen molar-refractivity contribution < 1.29 is 18.8 Å². The first-order valence-electron chi connectivity index (χ1n) is 1.17. The highest BCUT2D eigenvalue weighted by atomic mass is 31.2. The molecule has 0 aromatic rings. The quantitative estimate of drug-likeness (QED) is 0.303. The van der Waals surface area contributed by atoms with E-state index in [0.29, 0.717) is 0 Å². The van der Waals surface area contributed by atoms with Gasteiger partial charge in [0, 0.05) is 0 Å². The molecule has 0 heterocycles. The Morgan fingerprint density at radius 2 is 1.71 bits per heavy atom. The summed E-state index contributed by atoms with van der Waals surface area (Å²) in [6, 6.07) is 0. The minimum atomic E-state index is -4.15. The fraction of sp³-hybridized carbons (Fsp3) is 0.